The average molecular weight is 450 g/mol. The number of nitrogens with one attached hydrogen (secondary N) is 1. The van der Waals surface area contributed by atoms with Gasteiger partial charge >= 0.3 is 0 Å². The molecule has 8 nitrogen and oxygen atoms in total. The molecule has 30 heavy (non-hydrogen) atoms. The molecule has 1 aliphatic heterocycles. The molecule has 0 aliphatic carbocycles. The molecule has 2 aromatic heterocycles. The minimum Gasteiger partial charge on any atom is -0.378 e. The first-order valence-electron chi connectivity index (χ1n) is 10.1. The Labute approximate surface area is 180 Å². The van der Waals surface area contributed by atoms with Crippen LogP contribution >= 0.6 is 11.3 Å². The van der Waals surface area contributed by atoms with Gasteiger partial charge in [0.15, 0.2) is 0 Å². The van der Waals surface area contributed by atoms with Crippen LogP contribution in [0.3, 0.4) is 0 Å². The van der Waals surface area contributed by atoms with Gasteiger partial charge in [0.1, 0.15) is 5.01 Å². The van der Waals surface area contributed by atoms with Crippen molar-refractivity contribution >= 4 is 37.7 Å². The third-order valence-corrected chi connectivity index (χ3v) is 7.60. The number of anilines is 2. The van der Waals surface area contributed by atoms with Gasteiger partial charge in [0, 0.05) is 30.4 Å². The van der Waals surface area contributed by atoms with E-state index in [0.29, 0.717) is 29.6 Å². The van der Waals surface area contributed by atoms with Gasteiger partial charge in [0.2, 0.25) is 9.99 Å². The van der Waals surface area contributed by atoms with Crippen molar-refractivity contribution in [1.29, 1.82) is 0 Å². The Bertz CT molecular complexity index is 1130. The van der Waals surface area contributed by atoms with Gasteiger partial charge < -0.3 is 9.64 Å². The van der Waals surface area contributed by atoms with E-state index in [-0.39, 0.29) is 16.9 Å². The van der Waals surface area contributed by atoms with Gasteiger partial charge in [0.25, 0.3) is 10.0 Å². The normalized spacial score (nSPS) is 15.5. The highest BCUT2D eigenvalue weighted by atomic mass is 32.2. The second-order valence-electron chi connectivity index (χ2n) is 8.00. The van der Waals surface area contributed by atoms with Crippen molar-refractivity contribution in [2.45, 2.75) is 44.6 Å². The number of rotatable bonds is 6. The van der Waals surface area contributed by atoms with Gasteiger partial charge in [-0.05, 0) is 30.2 Å². The van der Waals surface area contributed by atoms with Crippen molar-refractivity contribution in [2.75, 3.05) is 35.9 Å². The highest BCUT2D eigenvalue weighted by Gasteiger charge is 2.29. The molecule has 0 unspecified atom stereocenters. The van der Waals surface area contributed by atoms with E-state index in [4.69, 9.17) is 4.74 Å². The number of nitrogens with zero attached hydrogens (tertiary/aromatic N) is 4. The number of hydrogen-bond acceptors (Lipinski definition) is 7. The van der Waals surface area contributed by atoms with Crippen LogP contribution in [-0.2, 0) is 14.8 Å². The monoisotopic (exact) mass is 449 g/mol. The molecule has 0 spiro atoms. The molecule has 0 saturated carbocycles. The molecule has 0 bridgehead atoms. The summed E-state index contributed by atoms with van der Waals surface area (Å²) >= 11 is 1.43. The van der Waals surface area contributed by atoms with Crippen molar-refractivity contribution in [2.24, 2.45) is 0 Å². The number of morpholine rings is 1. The zero-order valence-electron chi connectivity index (χ0n) is 17.6. The highest BCUT2D eigenvalue weighted by Crippen LogP contribution is 2.31. The molecule has 1 N–H and O–H groups in total. The van der Waals surface area contributed by atoms with Crippen LogP contribution in [0.4, 0.5) is 11.4 Å². The molecule has 0 amide bonds. The number of sulfonamides is 1. The fourth-order valence-electron chi connectivity index (χ4n) is 3.39. The molecule has 0 atom stereocenters. The van der Waals surface area contributed by atoms with Crippen molar-refractivity contribution < 1.29 is 13.2 Å². The number of benzene rings is 1. The maximum atomic E-state index is 13.3. The van der Waals surface area contributed by atoms with Crippen LogP contribution in [0.1, 0.15) is 50.2 Å². The van der Waals surface area contributed by atoms with E-state index in [1.54, 1.807) is 12.1 Å². The summed E-state index contributed by atoms with van der Waals surface area (Å²) < 4.78 is 36.2. The summed E-state index contributed by atoms with van der Waals surface area (Å²) in [6.07, 6.45) is 0. The first-order valence-corrected chi connectivity index (χ1v) is 12.4. The number of imidazole rings is 1. The van der Waals surface area contributed by atoms with Gasteiger partial charge in [-0.15, -0.1) is 0 Å². The summed E-state index contributed by atoms with van der Waals surface area (Å²) in [4.78, 5) is 7.41. The largest absolute Gasteiger partial charge is 0.378 e. The Hall–Kier alpha value is -2.17. The topological polar surface area (TPSA) is 88.8 Å². The maximum Gasteiger partial charge on any atom is 0.281 e. The third kappa shape index (κ3) is 4.03. The molecular weight excluding hydrogens is 422 g/mol. The minimum absolute atomic E-state index is 0.0447. The quantitative estimate of drug-likeness (QED) is 0.618. The lowest BCUT2D eigenvalue weighted by Gasteiger charge is -2.28. The molecular formula is C20H27N5O3S2. The predicted molar refractivity (Wildman–Crippen MR) is 119 cm³/mol. The molecule has 0 radical (unpaired) electrons. The summed E-state index contributed by atoms with van der Waals surface area (Å²) in [5, 5.41) is 5.51. The predicted octanol–water partition coefficient (Wildman–Crippen LogP) is 3.68. The smallest absolute Gasteiger partial charge is 0.281 e. The Balaban J connectivity index is 1.66. The van der Waals surface area contributed by atoms with Crippen molar-refractivity contribution in [3.05, 3.63) is 35.0 Å². The number of fused-ring (bicyclic) bond motifs is 1. The standard InChI is InChI=1S/C20H27N5O3S2/c1-13(2)17-19(25-20(21-17)29-18(22-25)14(3)4)30(26,27)23-15-5-7-16(8-6-15)24-9-11-28-12-10-24/h5-8,13-14,23H,9-12H2,1-4H3. The van der Waals surface area contributed by atoms with Crippen LogP contribution < -0.4 is 9.62 Å². The van der Waals surface area contributed by atoms with E-state index in [2.05, 4.69) is 19.7 Å². The fourth-order valence-corrected chi connectivity index (χ4v) is 5.81. The Morgan fingerprint density at radius 3 is 2.33 bits per heavy atom. The van der Waals surface area contributed by atoms with Gasteiger partial charge in [-0.3, -0.25) is 4.72 Å². The molecule has 1 aromatic carbocycles. The second-order valence-corrected chi connectivity index (χ2v) is 10.6. The van der Waals surface area contributed by atoms with Gasteiger partial charge in [-0.2, -0.15) is 18.0 Å². The van der Waals surface area contributed by atoms with E-state index in [1.165, 1.54) is 15.9 Å². The molecule has 1 aliphatic rings. The van der Waals surface area contributed by atoms with Crippen LogP contribution in [0.15, 0.2) is 29.3 Å². The molecule has 1 saturated heterocycles. The van der Waals surface area contributed by atoms with Gasteiger partial charge in [-0.1, -0.05) is 39.0 Å². The van der Waals surface area contributed by atoms with Crippen molar-refractivity contribution in [3.8, 4) is 0 Å². The van der Waals surface area contributed by atoms with Crippen LogP contribution in [0.5, 0.6) is 0 Å². The summed E-state index contributed by atoms with van der Waals surface area (Å²) in [7, 11) is -3.86. The average Bonchev–Trinajstić information content (AvgIpc) is 3.27. The summed E-state index contributed by atoms with van der Waals surface area (Å²) in [5.74, 6) is 0.159. The SMILES string of the molecule is CC(C)c1nn2c(S(=O)(=O)Nc3ccc(N4CCOCC4)cc3)c(C(C)C)nc2s1. The van der Waals surface area contributed by atoms with Gasteiger partial charge in [-0.25, -0.2) is 4.98 Å². The number of ether oxygens (including phenoxy) is 1. The maximum absolute atomic E-state index is 13.3. The molecule has 4 rings (SSSR count). The lowest BCUT2D eigenvalue weighted by atomic mass is 10.2. The summed E-state index contributed by atoms with van der Waals surface area (Å²) in [6.45, 7) is 11.0. The lowest BCUT2D eigenvalue weighted by Crippen LogP contribution is -2.36. The van der Waals surface area contributed by atoms with E-state index in [0.717, 1.165) is 23.8 Å². The van der Waals surface area contributed by atoms with E-state index < -0.39 is 10.0 Å². The number of hydrogen-bond donors (Lipinski definition) is 1. The van der Waals surface area contributed by atoms with Crippen LogP contribution in [0.25, 0.3) is 4.96 Å². The van der Waals surface area contributed by atoms with Crippen LogP contribution in [-0.4, -0.2) is 49.3 Å². The fraction of sp³-hybridized carbons (Fsp3) is 0.500. The summed E-state index contributed by atoms with van der Waals surface area (Å²) in [5.41, 5.74) is 2.09. The van der Waals surface area contributed by atoms with Crippen LogP contribution in [0, 0.1) is 0 Å². The second kappa shape index (κ2) is 8.16. The minimum atomic E-state index is -3.86. The summed E-state index contributed by atoms with van der Waals surface area (Å²) in [6, 6.07) is 7.43. The molecule has 10 heteroatoms. The first kappa shape index (κ1) is 21.1. The lowest BCUT2D eigenvalue weighted by molar-refractivity contribution is 0.122. The Morgan fingerprint density at radius 1 is 1.07 bits per heavy atom. The molecule has 3 heterocycles. The zero-order chi connectivity index (χ0) is 21.5. The first-order chi connectivity index (χ1) is 14.3. The van der Waals surface area contributed by atoms with E-state index >= 15 is 0 Å². The highest BCUT2D eigenvalue weighted by molar-refractivity contribution is 7.92. The Morgan fingerprint density at radius 2 is 1.73 bits per heavy atom. The Kier molecular flexibility index (Phi) is 5.73. The van der Waals surface area contributed by atoms with Crippen LogP contribution in [0.2, 0.25) is 0 Å². The van der Waals surface area contributed by atoms with E-state index in [9.17, 15) is 8.42 Å². The number of aromatic nitrogens is 3. The molecule has 3 aromatic rings. The van der Waals surface area contributed by atoms with E-state index in [1.807, 2.05) is 39.8 Å². The molecule has 162 valence electrons. The van der Waals surface area contributed by atoms with Crippen molar-refractivity contribution in [1.82, 2.24) is 14.6 Å². The zero-order valence-corrected chi connectivity index (χ0v) is 19.3. The van der Waals surface area contributed by atoms with Gasteiger partial charge in [0.05, 0.1) is 18.9 Å². The third-order valence-electron chi connectivity index (χ3n) is 4.99. The van der Waals surface area contributed by atoms with Crippen molar-refractivity contribution in [3.63, 3.8) is 0 Å². The molecule has 1 fully saturated rings.